The topological polar surface area (TPSA) is 12.0 Å². The van der Waals surface area contributed by atoms with Gasteiger partial charge in [0.25, 0.3) is 0 Å². The van der Waals surface area contributed by atoms with E-state index in [2.05, 4.69) is 49.5 Å². The average molecular weight is 214 g/mol. The van der Waals surface area contributed by atoms with Gasteiger partial charge in [-0.05, 0) is 24.4 Å². The van der Waals surface area contributed by atoms with Crippen molar-refractivity contribution in [2.45, 2.75) is 26.8 Å². The molecule has 0 atom stereocenters. The first-order valence-electron chi connectivity index (χ1n) is 5.03. The van der Waals surface area contributed by atoms with E-state index in [1.54, 1.807) is 0 Å². The SMILES string of the molecule is CC(C)CCNCc1ccccc1.Cl. The van der Waals surface area contributed by atoms with Gasteiger partial charge in [-0.3, -0.25) is 0 Å². The molecule has 0 heterocycles. The van der Waals surface area contributed by atoms with Crippen LogP contribution in [0.5, 0.6) is 0 Å². The Morgan fingerprint density at radius 2 is 1.79 bits per heavy atom. The fraction of sp³-hybridized carbons (Fsp3) is 0.500. The van der Waals surface area contributed by atoms with Gasteiger partial charge in [-0.2, -0.15) is 0 Å². The van der Waals surface area contributed by atoms with Crippen LogP contribution in [-0.2, 0) is 6.54 Å². The number of hydrogen-bond acceptors (Lipinski definition) is 1. The van der Waals surface area contributed by atoms with Gasteiger partial charge in [-0.15, -0.1) is 12.4 Å². The third kappa shape index (κ3) is 6.01. The van der Waals surface area contributed by atoms with E-state index < -0.39 is 0 Å². The van der Waals surface area contributed by atoms with Gasteiger partial charge in [0.1, 0.15) is 0 Å². The predicted octanol–water partition coefficient (Wildman–Crippen LogP) is 3.24. The number of hydrogen-bond donors (Lipinski definition) is 1. The Bertz CT molecular complexity index is 221. The Kier molecular flexibility index (Phi) is 7.54. The van der Waals surface area contributed by atoms with Crippen LogP contribution in [-0.4, -0.2) is 6.54 Å². The van der Waals surface area contributed by atoms with Crippen molar-refractivity contribution >= 4 is 12.4 Å². The maximum Gasteiger partial charge on any atom is 0.0205 e. The lowest BCUT2D eigenvalue weighted by Gasteiger charge is -2.06. The van der Waals surface area contributed by atoms with Crippen LogP contribution in [0.25, 0.3) is 0 Å². The molecule has 0 aromatic heterocycles. The molecule has 0 unspecified atom stereocenters. The summed E-state index contributed by atoms with van der Waals surface area (Å²) in [6.07, 6.45) is 1.26. The molecule has 1 N–H and O–H groups in total. The second kappa shape index (κ2) is 7.84. The molecule has 0 amide bonds. The summed E-state index contributed by atoms with van der Waals surface area (Å²) in [5, 5.41) is 3.43. The van der Waals surface area contributed by atoms with Crippen LogP contribution in [0.2, 0.25) is 0 Å². The van der Waals surface area contributed by atoms with Gasteiger partial charge in [0.2, 0.25) is 0 Å². The third-order valence-corrected chi connectivity index (χ3v) is 2.07. The first-order valence-corrected chi connectivity index (χ1v) is 5.03. The van der Waals surface area contributed by atoms with Crippen LogP contribution in [0.3, 0.4) is 0 Å². The Hall–Kier alpha value is -0.530. The van der Waals surface area contributed by atoms with Crippen molar-refractivity contribution in [3.63, 3.8) is 0 Å². The Morgan fingerprint density at radius 1 is 1.14 bits per heavy atom. The molecule has 1 aromatic carbocycles. The molecule has 2 heteroatoms. The van der Waals surface area contributed by atoms with E-state index in [-0.39, 0.29) is 12.4 Å². The maximum atomic E-state index is 3.43. The van der Waals surface area contributed by atoms with Crippen LogP contribution < -0.4 is 5.32 Å². The zero-order chi connectivity index (χ0) is 9.52. The minimum atomic E-state index is 0. The fourth-order valence-corrected chi connectivity index (χ4v) is 1.22. The number of rotatable bonds is 5. The number of nitrogens with one attached hydrogen (secondary N) is 1. The van der Waals surface area contributed by atoms with E-state index in [1.165, 1.54) is 12.0 Å². The molecule has 0 spiro atoms. The molecule has 1 rings (SSSR count). The van der Waals surface area contributed by atoms with Crippen molar-refractivity contribution < 1.29 is 0 Å². The summed E-state index contributed by atoms with van der Waals surface area (Å²) in [7, 11) is 0. The second-order valence-corrected chi connectivity index (χ2v) is 3.84. The van der Waals surface area contributed by atoms with Crippen molar-refractivity contribution in [1.82, 2.24) is 5.32 Å². The van der Waals surface area contributed by atoms with E-state index >= 15 is 0 Å². The minimum Gasteiger partial charge on any atom is -0.313 e. The average Bonchev–Trinajstić information content (AvgIpc) is 2.14. The zero-order valence-electron chi connectivity index (χ0n) is 8.99. The first kappa shape index (κ1) is 13.5. The summed E-state index contributed by atoms with van der Waals surface area (Å²) in [4.78, 5) is 0. The highest BCUT2D eigenvalue weighted by Crippen LogP contribution is 1.99. The molecule has 0 radical (unpaired) electrons. The monoisotopic (exact) mass is 213 g/mol. The Morgan fingerprint density at radius 3 is 2.36 bits per heavy atom. The quantitative estimate of drug-likeness (QED) is 0.741. The van der Waals surface area contributed by atoms with E-state index in [0.29, 0.717) is 0 Å². The molecule has 14 heavy (non-hydrogen) atoms. The van der Waals surface area contributed by atoms with E-state index in [4.69, 9.17) is 0 Å². The van der Waals surface area contributed by atoms with Crippen LogP contribution in [0.4, 0.5) is 0 Å². The molecule has 0 fully saturated rings. The summed E-state index contributed by atoms with van der Waals surface area (Å²) in [5.41, 5.74) is 1.37. The molecule has 0 aliphatic rings. The lowest BCUT2D eigenvalue weighted by molar-refractivity contribution is 0.537. The van der Waals surface area contributed by atoms with Gasteiger partial charge < -0.3 is 5.32 Å². The summed E-state index contributed by atoms with van der Waals surface area (Å²) < 4.78 is 0. The summed E-state index contributed by atoms with van der Waals surface area (Å²) in [6, 6.07) is 10.5. The summed E-state index contributed by atoms with van der Waals surface area (Å²) in [5.74, 6) is 0.795. The van der Waals surface area contributed by atoms with Gasteiger partial charge in [0.05, 0.1) is 0 Å². The van der Waals surface area contributed by atoms with Gasteiger partial charge in [0, 0.05) is 6.54 Å². The molecule has 0 saturated heterocycles. The summed E-state index contributed by atoms with van der Waals surface area (Å²) >= 11 is 0. The van der Waals surface area contributed by atoms with E-state index in [0.717, 1.165) is 19.0 Å². The number of benzene rings is 1. The Labute approximate surface area is 93.3 Å². The molecular formula is C12H20ClN. The molecule has 0 aliphatic carbocycles. The van der Waals surface area contributed by atoms with Gasteiger partial charge in [-0.25, -0.2) is 0 Å². The van der Waals surface area contributed by atoms with Crippen LogP contribution in [0, 0.1) is 5.92 Å². The molecule has 80 valence electrons. The van der Waals surface area contributed by atoms with Crippen molar-refractivity contribution in [3.8, 4) is 0 Å². The highest BCUT2D eigenvalue weighted by Gasteiger charge is 1.93. The lowest BCUT2D eigenvalue weighted by atomic mass is 10.1. The Balaban J connectivity index is 0.00000169. The van der Waals surface area contributed by atoms with Gasteiger partial charge in [0.15, 0.2) is 0 Å². The lowest BCUT2D eigenvalue weighted by Crippen LogP contribution is -2.16. The second-order valence-electron chi connectivity index (χ2n) is 3.84. The van der Waals surface area contributed by atoms with Gasteiger partial charge >= 0.3 is 0 Å². The number of halogens is 1. The molecule has 1 aromatic rings. The predicted molar refractivity (Wildman–Crippen MR) is 64.9 cm³/mol. The normalized spacial score (nSPS) is 9.93. The zero-order valence-corrected chi connectivity index (χ0v) is 9.81. The first-order chi connectivity index (χ1) is 6.29. The maximum absolute atomic E-state index is 3.43. The van der Waals surface area contributed by atoms with Crippen molar-refractivity contribution in [2.24, 2.45) is 5.92 Å². The van der Waals surface area contributed by atoms with Crippen molar-refractivity contribution in [1.29, 1.82) is 0 Å². The highest BCUT2D eigenvalue weighted by atomic mass is 35.5. The van der Waals surface area contributed by atoms with Crippen molar-refractivity contribution in [3.05, 3.63) is 35.9 Å². The smallest absolute Gasteiger partial charge is 0.0205 e. The molecule has 0 saturated carbocycles. The van der Waals surface area contributed by atoms with E-state index in [1.807, 2.05) is 0 Å². The highest BCUT2D eigenvalue weighted by molar-refractivity contribution is 5.85. The standard InChI is InChI=1S/C12H19N.ClH/c1-11(2)8-9-13-10-12-6-4-3-5-7-12;/h3-7,11,13H,8-10H2,1-2H3;1H. The molecule has 0 aliphatic heterocycles. The van der Waals surface area contributed by atoms with Crippen LogP contribution >= 0.6 is 12.4 Å². The van der Waals surface area contributed by atoms with Crippen molar-refractivity contribution in [2.75, 3.05) is 6.54 Å². The van der Waals surface area contributed by atoms with E-state index in [9.17, 15) is 0 Å². The summed E-state index contributed by atoms with van der Waals surface area (Å²) in [6.45, 7) is 6.62. The van der Waals surface area contributed by atoms with Crippen LogP contribution in [0.1, 0.15) is 25.8 Å². The molecule has 1 nitrogen and oxygen atoms in total. The van der Waals surface area contributed by atoms with Crippen LogP contribution in [0.15, 0.2) is 30.3 Å². The molecule has 0 bridgehead atoms. The largest absolute Gasteiger partial charge is 0.313 e. The molecular weight excluding hydrogens is 194 g/mol. The third-order valence-electron chi connectivity index (χ3n) is 2.07. The fourth-order valence-electron chi connectivity index (χ4n) is 1.22. The van der Waals surface area contributed by atoms with Gasteiger partial charge in [-0.1, -0.05) is 44.2 Å². The minimum absolute atomic E-state index is 0.